The van der Waals surface area contributed by atoms with E-state index in [4.69, 9.17) is 10.00 Å². The van der Waals surface area contributed by atoms with E-state index < -0.39 is 5.56 Å². The summed E-state index contributed by atoms with van der Waals surface area (Å²) in [7, 11) is 1.60. The Balaban J connectivity index is 2.41. The maximum absolute atomic E-state index is 12.2. The average molecular weight is 281 g/mol. The highest BCUT2D eigenvalue weighted by Gasteiger charge is 2.08. The van der Waals surface area contributed by atoms with Crippen LogP contribution in [0.5, 0.6) is 5.75 Å². The lowest BCUT2D eigenvalue weighted by Crippen LogP contribution is -2.22. The molecule has 0 saturated heterocycles. The number of hydrogen-bond donors (Lipinski definition) is 0. The number of pyridine rings is 1. The molecule has 0 fully saturated rings. The van der Waals surface area contributed by atoms with Crippen LogP contribution in [0, 0.1) is 25.2 Å². The molecule has 0 radical (unpaired) electrons. The van der Waals surface area contributed by atoms with Crippen LogP contribution >= 0.6 is 0 Å². The highest BCUT2D eigenvalue weighted by atomic mass is 16.5. The van der Waals surface area contributed by atoms with Crippen LogP contribution in [0.25, 0.3) is 0 Å². The van der Waals surface area contributed by atoms with Gasteiger partial charge in [0.25, 0.3) is 5.56 Å². The lowest BCUT2D eigenvalue weighted by atomic mass is 10.1. The van der Waals surface area contributed by atoms with Gasteiger partial charge in [0.1, 0.15) is 17.4 Å². The third kappa shape index (κ3) is 3.00. The molecule has 0 saturated carbocycles. The molecular formula is C16H15N3O2. The lowest BCUT2D eigenvalue weighted by Gasteiger charge is -2.06. The standard InChI is InChI=1S/C16H15N3O2/c1-11-8-12(2)19(16(20)15(11)9-17)18-10-13-4-6-14(21-3)7-5-13/h4-8,10H,1-3H3/b18-10+. The summed E-state index contributed by atoms with van der Waals surface area (Å²) >= 11 is 0. The smallest absolute Gasteiger partial charge is 0.289 e. The molecule has 0 bridgehead atoms. The molecule has 0 spiro atoms. The second kappa shape index (κ2) is 6.06. The van der Waals surface area contributed by atoms with E-state index in [1.54, 1.807) is 33.2 Å². The van der Waals surface area contributed by atoms with Crippen molar-refractivity contribution in [2.75, 3.05) is 7.11 Å². The van der Waals surface area contributed by atoms with E-state index in [1.165, 1.54) is 4.68 Å². The molecule has 2 rings (SSSR count). The van der Waals surface area contributed by atoms with Crippen molar-refractivity contribution in [2.45, 2.75) is 13.8 Å². The Hall–Kier alpha value is -2.87. The number of hydrogen-bond acceptors (Lipinski definition) is 4. The summed E-state index contributed by atoms with van der Waals surface area (Å²) in [6.07, 6.45) is 1.57. The Kier molecular flexibility index (Phi) is 4.19. The SMILES string of the molecule is COc1ccc(/C=N/n2c(C)cc(C)c(C#N)c2=O)cc1. The first-order valence-electron chi connectivity index (χ1n) is 6.38. The van der Waals surface area contributed by atoms with Crippen molar-refractivity contribution in [3.63, 3.8) is 0 Å². The minimum atomic E-state index is -0.403. The number of aromatic nitrogens is 1. The molecule has 0 amide bonds. The molecule has 1 aromatic carbocycles. The highest BCUT2D eigenvalue weighted by molar-refractivity contribution is 5.79. The monoisotopic (exact) mass is 281 g/mol. The largest absolute Gasteiger partial charge is 0.497 e. The highest BCUT2D eigenvalue weighted by Crippen LogP contribution is 2.10. The van der Waals surface area contributed by atoms with Crippen molar-refractivity contribution in [1.82, 2.24) is 4.68 Å². The second-order valence-corrected chi connectivity index (χ2v) is 4.59. The van der Waals surface area contributed by atoms with Gasteiger partial charge in [0.2, 0.25) is 0 Å². The third-order valence-electron chi connectivity index (χ3n) is 3.11. The van der Waals surface area contributed by atoms with Crippen LogP contribution < -0.4 is 10.3 Å². The summed E-state index contributed by atoms with van der Waals surface area (Å²) in [5, 5.41) is 13.2. The van der Waals surface area contributed by atoms with E-state index in [1.807, 2.05) is 30.3 Å². The van der Waals surface area contributed by atoms with Gasteiger partial charge in [0.05, 0.1) is 13.3 Å². The van der Waals surface area contributed by atoms with Crippen molar-refractivity contribution in [3.8, 4) is 11.8 Å². The predicted molar refractivity (Wildman–Crippen MR) is 80.9 cm³/mol. The fraction of sp³-hybridized carbons (Fsp3) is 0.188. The maximum Gasteiger partial charge on any atom is 0.289 e. The zero-order chi connectivity index (χ0) is 15.4. The second-order valence-electron chi connectivity index (χ2n) is 4.59. The van der Waals surface area contributed by atoms with E-state index in [0.717, 1.165) is 11.3 Å². The Bertz CT molecular complexity index is 781. The summed E-state index contributed by atoms with van der Waals surface area (Å²) < 4.78 is 6.31. The van der Waals surface area contributed by atoms with Crippen LogP contribution in [-0.2, 0) is 0 Å². The Morgan fingerprint density at radius 1 is 1.29 bits per heavy atom. The average Bonchev–Trinajstić information content (AvgIpc) is 2.47. The minimum Gasteiger partial charge on any atom is -0.497 e. The summed E-state index contributed by atoms with van der Waals surface area (Å²) in [4.78, 5) is 12.2. The topological polar surface area (TPSA) is 67.4 Å². The van der Waals surface area contributed by atoms with E-state index in [-0.39, 0.29) is 5.56 Å². The molecule has 106 valence electrons. The van der Waals surface area contributed by atoms with Crippen LogP contribution in [0.3, 0.4) is 0 Å². The van der Waals surface area contributed by atoms with Crippen LogP contribution in [-0.4, -0.2) is 18.0 Å². The molecule has 2 aromatic rings. The van der Waals surface area contributed by atoms with E-state index in [9.17, 15) is 4.79 Å². The normalized spacial score (nSPS) is 10.6. The number of rotatable bonds is 3. The molecule has 0 unspecified atom stereocenters. The zero-order valence-electron chi connectivity index (χ0n) is 12.1. The Morgan fingerprint density at radius 2 is 1.95 bits per heavy atom. The maximum atomic E-state index is 12.2. The molecular weight excluding hydrogens is 266 g/mol. The van der Waals surface area contributed by atoms with Gasteiger partial charge >= 0.3 is 0 Å². The first kappa shape index (κ1) is 14.5. The number of ether oxygens (including phenoxy) is 1. The van der Waals surface area contributed by atoms with Crippen molar-refractivity contribution in [2.24, 2.45) is 5.10 Å². The van der Waals surface area contributed by atoms with Gasteiger partial charge in [-0.25, -0.2) is 4.68 Å². The molecule has 5 heteroatoms. The van der Waals surface area contributed by atoms with E-state index in [0.29, 0.717) is 11.3 Å². The fourth-order valence-electron chi connectivity index (χ4n) is 1.98. The van der Waals surface area contributed by atoms with Crippen molar-refractivity contribution in [1.29, 1.82) is 5.26 Å². The first-order valence-corrected chi connectivity index (χ1v) is 6.38. The predicted octanol–water partition coefficient (Wildman–Crippen LogP) is 2.23. The molecule has 0 N–H and O–H groups in total. The Labute approximate surface area is 122 Å². The summed E-state index contributed by atoms with van der Waals surface area (Å²) in [5.74, 6) is 0.752. The molecule has 1 aromatic heterocycles. The van der Waals surface area contributed by atoms with Crippen LogP contribution in [0.2, 0.25) is 0 Å². The van der Waals surface area contributed by atoms with E-state index in [2.05, 4.69) is 5.10 Å². The van der Waals surface area contributed by atoms with Crippen LogP contribution in [0.4, 0.5) is 0 Å². The number of benzene rings is 1. The van der Waals surface area contributed by atoms with Crippen molar-refractivity contribution < 1.29 is 4.74 Å². The van der Waals surface area contributed by atoms with Gasteiger partial charge in [-0.15, -0.1) is 0 Å². The molecule has 5 nitrogen and oxygen atoms in total. The van der Waals surface area contributed by atoms with Crippen LogP contribution in [0.1, 0.15) is 22.4 Å². The van der Waals surface area contributed by atoms with Gasteiger partial charge in [0.15, 0.2) is 0 Å². The number of aryl methyl sites for hydroxylation is 2. The molecule has 0 atom stereocenters. The van der Waals surface area contributed by atoms with Crippen molar-refractivity contribution >= 4 is 6.21 Å². The number of methoxy groups -OCH3 is 1. The van der Waals surface area contributed by atoms with E-state index >= 15 is 0 Å². The minimum absolute atomic E-state index is 0.118. The quantitative estimate of drug-likeness (QED) is 0.810. The van der Waals surface area contributed by atoms with Gasteiger partial charge in [-0.05, 0) is 55.3 Å². The molecule has 21 heavy (non-hydrogen) atoms. The van der Waals surface area contributed by atoms with Gasteiger partial charge in [-0.1, -0.05) is 0 Å². The third-order valence-corrected chi connectivity index (χ3v) is 3.11. The zero-order valence-corrected chi connectivity index (χ0v) is 12.1. The molecule has 0 aliphatic rings. The van der Waals surface area contributed by atoms with Gasteiger partial charge < -0.3 is 4.74 Å². The summed E-state index contributed by atoms with van der Waals surface area (Å²) in [5.41, 5.74) is 1.89. The van der Waals surface area contributed by atoms with Gasteiger partial charge in [0, 0.05) is 5.69 Å². The molecule has 0 aliphatic heterocycles. The fourth-order valence-corrected chi connectivity index (χ4v) is 1.98. The number of nitriles is 1. The first-order chi connectivity index (χ1) is 10.1. The number of nitrogens with zero attached hydrogens (tertiary/aromatic N) is 3. The summed E-state index contributed by atoms with van der Waals surface area (Å²) in [6.45, 7) is 3.52. The van der Waals surface area contributed by atoms with Gasteiger partial charge in [-0.3, -0.25) is 4.79 Å². The van der Waals surface area contributed by atoms with Crippen LogP contribution in [0.15, 0.2) is 40.2 Å². The Morgan fingerprint density at radius 3 is 2.52 bits per heavy atom. The lowest BCUT2D eigenvalue weighted by molar-refractivity contribution is 0.415. The molecule has 1 heterocycles. The van der Waals surface area contributed by atoms with Gasteiger partial charge in [-0.2, -0.15) is 10.4 Å². The molecule has 0 aliphatic carbocycles. The summed E-state index contributed by atoms with van der Waals surface area (Å²) in [6, 6.07) is 11.0. The van der Waals surface area contributed by atoms with Crippen molar-refractivity contribution in [3.05, 3.63) is 63.1 Å².